The Labute approximate surface area is 129 Å². The number of rotatable bonds is 4. The van der Waals surface area contributed by atoms with Crippen molar-refractivity contribution in [2.24, 2.45) is 0 Å². The molecule has 0 bridgehead atoms. The summed E-state index contributed by atoms with van der Waals surface area (Å²) in [5.74, 6) is 0.603. The minimum atomic E-state index is -0.0105. The van der Waals surface area contributed by atoms with Gasteiger partial charge in [0.05, 0.1) is 4.47 Å². The molecule has 0 fully saturated rings. The van der Waals surface area contributed by atoms with Gasteiger partial charge in [0, 0.05) is 20.3 Å². The van der Waals surface area contributed by atoms with Crippen molar-refractivity contribution < 1.29 is 9.53 Å². The molecule has 0 spiro atoms. The van der Waals surface area contributed by atoms with Crippen LogP contribution in [0.5, 0.6) is 5.75 Å². The molecule has 0 saturated heterocycles. The fraction of sp³-hybridized carbons (Fsp3) is 0.214. The molecule has 5 heteroatoms. The lowest BCUT2D eigenvalue weighted by Gasteiger charge is -2.07. The molecule has 1 aromatic heterocycles. The van der Waals surface area contributed by atoms with Gasteiger partial charge in [0.15, 0.2) is 6.61 Å². The molecule has 2 nitrogen and oxygen atoms in total. The van der Waals surface area contributed by atoms with Crippen LogP contribution in [0.1, 0.15) is 20.1 Å². The first-order valence-electron chi connectivity index (χ1n) is 5.65. The summed E-state index contributed by atoms with van der Waals surface area (Å²) in [5.41, 5.74) is 0.743. The number of halogens is 2. The van der Waals surface area contributed by atoms with E-state index in [1.165, 1.54) is 0 Å². The van der Waals surface area contributed by atoms with Gasteiger partial charge in [-0.05, 0) is 54.0 Å². The van der Waals surface area contributed by atoms with E-state index in [1.807, 2.05) is 19.9 Å². The molecule has 1 aromatic carbocycles. The monoisotopic (exact) mass is 358 g/mol. The summed E-state index contributed by atoms with van der Waals surface area (Å²) in [6.45, 7) is 3.96. The minimum absolute atomic E-state index is 0.0105. The van der Waals surface area contributed by atoms with E-state index in [0.717, 1.165) is 19.8 Å². The Morgan fingerprint density at radius 1 is 1.37 bits per heavy atom. The molecule has 0 aliphatic carbocycles. The van der Waals surface area contributed by atoms with Crippen LogP contribution in [0.15, 0.2) is 28.7 Å². The number of hydrogen-bond donors (Lipinski definition) is 0. The molecule has 19 heavy (non-hydrogen) atoms. The largest absolute Gasteiger partial charge is 0.484 e. The lowest BCUT2D eigenvalue weighted by atomic mass is 10.2. The van der Waals surface area contributed by atoms with Crippen molar-refractivity contribution in [3.8, 4) is 5.75 Å². The van der Waals surface area contributed by atoms with Crippen LogP contribution in [-0.2, 0) is 0 Å². The number of benzene rings is 1. The van der Waals surface area contributed by atoms with Gasteiger partial charge in [-0.15, -0.1) is 11.3 Å². The van der Waals surface area contributed by atoms with Gasteiger partial charge in [-0.1, -0.05) is 11.6 Å². The fourth-order valence-corrected chi connectivity index (χ4v) is 3.46. The van der Waals surface area contributed by atoms with Crippen LogP contribution in [0, 0.1) is 13.8 Å². The highest BCUT2D eigenvalue weighted by Gasteiger charge is 2.13. The number of ether oxygens (including phenoxy) is 1. The quantitative estimate of drug-likeness (QED) is 0.715. The van der Waals surface area contributed by atoms with Crippen LogP contribution >= 0.6 is 38.9 Å². The first-order valence-corrected chi connectivity index (χ1v) is 7.64. The zero-order valence-corrected chi connectivity index (χ0v) is 13.7. The molecule has 0 aliphatic rings. The molecular weight excluding hydrogens is 348 g/mol. The number of ketones is 1. The average molecular weight is 360 g/mol. The molecule has 0 aliphatic heterocycles. The highest BCUT2D eigenvalue weighted by atomic mass is 79.9. The van der Waals surface area contributed by atoms with Gasteiger partial charge in [-0.2, -0.15) is 0 Å². The Balaban J connectivity index is 2.06. The standard InChI is InChI=1S/C14H12BrClO2S/c1-8-5-11(9(2)19-8)13(17)7-18-14-4-3-10(16)6-12(14)15/h3-6H,7H2,1-2H3. The van der Waals surface area contributed by atoms with Crippen molar-refractivity contribution in [2.45, 2.75) is 13.8 Å². The zero-order chi connectivity index (χ0) is 14.0. The van der Waals surface area contributed by atoms with E-state index >= 15 is 0 Å². The maximum Gasteiger partial charge on any atom is 0.201 e. The predicted molar refractivity (Wildman–Crippen MR) is 82.8 cm³/mol. The highest BCUT2D eigenvalue weighted by molar-refractivity contribution is 9.10. The number of aryl methyl sites for hydroxylation is 2. The van der Waals surface area contributed by atoms with E-state index in [-0.39, 0.29) is 12.4 Å². The van der Waals surface area contributed by atoms with Crippen LogP contribution < -0.4 is 4.74 Å². The van der Waals surface area contributed by atoms with Crippen LogP contribution in [0.4, 0.5) is 0 Å². The third kappa shape index (κ3) is 3.59. The summed E-state index contributed by atoms with van der Waals surface area (Å²) in [6.07, 6.45) is 0. The third-order valence-corrected chi connectivity index (χ3v) is 4.41. The van der Waals surface area contributed by atoms with Crippen LogP contribution in [0.3, 0.4) is 0 Å². The maximum absolute atomic E-state index is 12.1. The Bertz CT molecular complexity index is 622. The molecule has 0 atom stereocenters. The maximum atomic E-state index is 12.1. The molecular formula is C14H12BrClO2S. The predicted octanol–water partition coefficient (Wildman–Crippen LogP) is 5.04. The normalized spacial score (nSPS) is 10.5. The second kappa shape index (κ2) is 6.07. The van der Waals surface area contributed by atoms with Gasteiger partial charge in [0.2, 0.25) is 5.78 Å². The number of hydrogen-bond acceptors (Lipinski definition) is 3. The van der Waals surface area contributed by atoms with Gasteiger partial charge in [-0.25, -0.2) is 0 Å². The molecule has 0 saturated carbocycles. The van der Waals surface area contributed by atoms with E-state index in [2.05, 4.69) is 15.9 Å². The van der Waals surface area contributed by atoms with Crippen molar-refractivity contribution in [2.75, 3.05) is 6.61 Å². The number of Topliss-reactive ketones (excluding diaryl/α,β-unsaturated/α-hetero) is 1. The smallest absolute Gasteiger partial charge is 0.201 e. The summed E-state index contributed by atoms with van der Waals surface area (Å²) in [7, 11) is 0. The van der Waals surface area contributed by atoms with Gasteiger partial charge in [0.1, 0.15) is 5.75 Å². The Morgan fingerprint density at radius 2 is 2.11 bits per heavy atom. The Morgan fingerprint density at radius 3 is 2.68 bits per heavy atom. The number of carbonyl (C=O) groups is 1. The second-order valence-corrected chi connectivity index (χ2v) is 6.86. The highest BCUT2D eigenvalue weighted by Crippen LogP contribution is 2.28. The molecule has 0 N–H and O–H groups in total. The first kappa shape index (κ1) is 14.6. The van der Waals surface area contributed by atoms with Crippen LogP contribution in [0.25, 0.3) is 0 Å². The van der Waals surface area contributed by atoms with Crippen molar-refractivity contribution in [3.05, 3.63) is 49.1 Å². The van der Waals surface area contributed by atoms with Crippen molar-refractivity contribution in [3.63, 3.8) is 0 Å². The lowest BCUT2D eigenvalue weighted by Crippen LogP contribution is -2.11. The molecule has 2 aromatic rings. The van der Waals surface area contributed by atoms with Gasteiger partial charge < -0.3 is 4.74 Å². The SMILES string of the molecule is Cc1cc(C(=O)COc2ccc(Cl)cc2Br)c(C)s1. The summed E-state index contributed by atoms with van der Waals surface area (Å²) in [5, 5.41) is 0.620. The van der Waals surface area contributed by atoms with E-state index < -0.39 is 0 Å². The van der Waals surface area contributed by atoms with Gasteiger partial charge >= 0.3 is 0 Å². The number of thiophene rings is 1. The first-order chi connectivity index (χ1) is 8.97. The molecule has 0 radical (unpaired) electrons. The Hall–Kier alpha value is -0.840. The number of carbonyl (C=O) groups excluding carboxylic acids is 1. The third-order valence-electron chi connectivity index (χ3n) is 2.59. The van der Waals surface area contributed by atoms with Crippen molar-refractivity contribution >= 4 is 44.7 Å². The summed E-state index contributed by atoms with van der Waals surface area (Å²) in [6, 6.07) is 7.11. The fourth-order valence-electron chi connectivity index (χ4n) is 1.72. The van der Waals surface area contributed by atoms with Crippen LogP contribution in [-0.4, -0.2) is 12.4 Å². The summed E-state index contributed by atoms with van der Waals surface area (Å²) in [4.78, 5) is 14.2. The minimum Gasteiger partial charge on any atom is -0.484 e. The Kier molecular flexibility index (Phi) is 4.66. The van der Waals surface area contributed by atoms with E-state index in [9.17, 15) is 4.79 Å². The van der Waals surface area contributed by atoms with Crippen molar-refractivity contribution in [1.29, 1.82) is 0 Å². The van der Waals surface area contributed by atoms with E-state index in [1.54, 1.807) is 29.5 Å². The van der Waals surface area contributed by atoms with Crippen LogP contribution in [0.2, 0.25) is 5.02 Å². The van der Waals surface area contributed by atoms with E-state index in [0.29, 0.717) is 10.8 Å². The van der Waals surface area contributed by atoms with E-state index in [4.69, 9.17) is 16.3 Å². The van der Waals surface area contributed by atoms with Crippen molar-refractivity contribution in [1.82, 2.24) is 0 Å². The summed E-state index contributed by atoms with van der Waals surface area (Å²) >= 11 is 10.8. The lowest BCUT2D eigenvalue weighted by molar-refractivity contribution is 0.0921. The topological polar surface area (TPSA) is 26.3 Å². The summed E-state index contributed by atoms with van der Waals surface area (Å²) < 4.78 is 6.26. The van der Waals surface area contributed by atoms with Gasteiger partial charge in [0.25, 0.3) is 0 Å². The molecule has 2 rings (SSSR count). The molecule has 1 heterocycles. The van der Waals surface area contributed by atoms with Gasteiger partial charge in [-0.3, -0.25) is 4.79 Å². The molecule has 100 valence electrons. The molecule has 0 unspecified atom stereocenters. The average Bonchev–Trinajstić information content (AvgIpc) is 2.67. The second-order valence-electron chi connectivity index (χ2n) is 4.11. The molecule has 0 amide bonds. The zero-order valence-electron chi connectivity index (χ0n) is 10.5.